The fraction of sp³-hybridized carbons (Fsp3) is 0.231. The minimum atomic E-state index is -1.58. The maximum absolute atomic E-state index is 15.0. The van der Waals surface area contributed by atoms with Crippen molar-refractivity contribution in [2.45, 2.75) is 26.0 Å². The fourth-order valence-electron chi connectivity index (χ4n) is 3.43. The molecule has 184 valence electrons. The third-order valence-electron chi connectivity index (χ3n) is 5.20. The van der Waals surface area contributed by atoms with Crippen LogP contribution in [0.3, 0.4) is 0 Å². The van der Waals surface area contributed by atoms with Gasteiger partial charge in [-0.25, -0.2) is 13.2 Å². The molecule has 3 aromatic rings. The number of hydrogen-bond donors (Lipinski definition) is 2. The lowest BCUT2D eigenvalue weighted by Gasteiger charge is -2.23. The molecule has 3 N–H and O–H groups in total. The van der Waals surface area contributed by atoms with E-state index in [0.717, 1.165) is 22.1 Å². The van der Waals surface area contributed by atoms with E-state index in [4.69, 9.17) is 32.4 Å². The van der Waals surface area contributed by atoms with Crippen molar-refractivity contribution in [3.8, 4) is 5.75 Å². The van der Waals surface area contributed by atoms with E-state index in [1.807, 2.05) is 30.3 Å². The Hall–Kier alpha value is -3.49. The summed E-state index contributed by atoms with van der Waals surface area (Å²) in [6.45, 7) is 1.82. The number of benzene rings is 3. The second-order valence-corrected chi connectivity index (χ2v) is 8.10. The Morgan fingerprint density at radius 1 is 1.06 bits per heavy atom. The van der Waals surface area contributed by atoms with Crippen LogP contribution in [-0.2, 0) is 22.5 Å². The highest BCUT2D eigenvalue weighted by molar-refractivity contribution is 6.21. The quantitative estimate of drug-likeness (QED) is 0.216. The van der Waals surface area contributed by atoms with Gasteiger partial charge in [0.1, 0.15) is 23.2 Å². The second-order valence-electron chi connectivity index (χ2n) is 7.69. The van der Waals surface area contributed by atoms with Gasteiger partial charge >= 0.3 is 0 Å². The minimum Gasteiger partial charge on any atom is -0.493 e. The van der Waals surface area contributed by atoms with Crippen molar-refractivity contribution in [3.63, 3.8) is 0 Å². The number of carbonyl (C=O) groups is 1. The van der Waals surface area contributed by atoms with Crippen LogP contribution < -0.4 is 10.5 Å². The molecule has 0 spiro atoms. The molecule has 0 bridgehead atoms. The number of nitrogens with two attached hydrogens (primary N) is 1. The highest BCUT2D eigenvalue weighted by Crippen LogP contribution is 2.30. The predicted octanol–water partition coefficient (Wildman–Crippen LogP) is 5.13. The van der Waals surface area contributed by atoms with Crippen LogP contribution in [0, 0.1) is 17.0 Å². The smallest absolute Gasteiger partial charge is 0.271 e. The maximum atomic E-state index is 15.0. The summed E-state index contributed by atoms with van der Waals surface area (Å²) in [6.07, 6.45) is -1.01. The summed E-state index contributed by atoms with van der Waals surface area (Å²) in [5.74, 6) is -2.84. The van der Waals surface area contributed by atoms with E-state index < -0.39 is 29.2 Å². The number of amides is 1. The number of carbonyl (C=O) groups excluding carboxylic acids is 1. The van der Waals surface area contributed by atoms with Gasteiger partial charge in [-0.2, -0.15) is 0 Å². The molecule has 0 aliphatic carbocycles. The zero-order valence-corrected chi connectivity index (χ0v) is 19.9. The van der Waals surface area contributed by atoms with Gasteiger partial charge in [0.25, 0.3) is 5.91 Å². The number of nitrogen functional groups attached to an aromatic ring is 1. The molecular formula is C26H26ClF2N3O3. The lowest BCUT2D eigenvalue weighted by atomic mass is 10.1. The van der Waals surface area contributed by atoms with Gasteiger partial charge in [0, 0.05) is 42.5 Å². The lowest BCUT2D eigenvalue weighted by molar-refractivity contribution is -0.139. The highest BCUT2D eigenvalue weighted by Gasteiger charge is 2.32. The average molecular weight is 502 g/mol. The number of amidine groups is 1. The van der Waals surface area contributed by atoms with Crippen molar-refractivity contribution in [2.75, 3.05) is 13.2 Å². The van der Waals surface area contributed by atoms with Crippen LogP contribution in [0.25, 0.3) is 0 Å². The summed E-state index contributed by atoms with van der Waals surface area (Å²) in [6, 6.07) is 18.1. The van der Waals surface area contributed by atoms with E-state index >= 15 is 0 Å². The Kier molecular flexibility index (Phi) is 9.17. The van der Waals surface area contributed by atoms with E-state index in [-0.39, 0.29) is 31.3 Å². The van der Waals surface area contributed by atoms with Gasteiger partial charge in [0.05, 0.1) is 18.7 Å². The third-order valence-corrected chi connectivity index (χ3v) is 5.49. The molecular weight excluding hydrogens is 476 g/mol. The maximum Gasteiger partial charge on any atom is 0.271 e. The zero-order valence-electron chi connectivity index (χ0n) is 19.1. The molecule has 0 heterocycles. The number of hydrogen-bond acceptors (Lipinski definition) is 4. The van der Waals surface area contributed by atoms with Crippen LogP contribution >= 0.6 is 11.8 Å². The molecule has 6 nitrogen and oxygen atoms in total. The van der Waals surface area contributed by atoms with Crippen LogP contribution in [-0.4, -0.2) is 29.4 Å². The van der Waals surface area contributed by atoms with E-state index in [0.29, 0.717) is 17.5 Å². The van der Waals surface area contributed by atoms with Gasteiger partial charge in [-0.3, -0.25) is 10.2 Å². The van der Waals surface area contributed by atoms with E-state index in [9.17, 15) is 13.6 Å². The first-order valence-corrected chi connectivity index (χ1v) is 11.3. The number of halogens is 3. The summed E-state index contributed by atoms with van der Waals surface area (Å²) in [5, 5.41) is 7.44. The zero-order chi connectivity index (χ0) is 25.4. The molecule has 0 saturated carbocycles. The highest BCUT2D eigenvalue weighted by atomic mass is 35.5. The fourth-order valence-corrected chi connectivity index (χ4v) is 3.65. The SMILES string of the molecule is CCOC(C(=O)N(Cl)Cc1ccc(C(=N)N)cc1)c1c(F)cc(OCCc2ccccc2)cc1F. The molecule has 0 aliphatic rings. The molecule has 3 aromatic carbocycles. The number of nitrogens with one attached hydrogen (secondary N) is 1. The monoisotopic (exact) mass is 501 g/mol. The first-order valence-electron chi connectivity index (χ1n) is 11.0. The second kappa shape index (κ2) is 12.3. The Morgan fingerprint density at radius 3 is 2.26 bits per heavy atom. The molecule has 3 rings (SSSR count). The van der Waals surface area contributed by atoms with E-state index in [2.05, 4.69) is 0 Å². The molecule has 1 unspecified atom stereocenters. The van der Waals surface area contributed by atoms with Crippen LogP contribution in [0.15, 0.2) is 66.7 Å². The molecule has 0 aromatic heterocycles. The van der Waals surface area contributed by atoms with Gasteiger partial charge in [0.2, 0.25) is 0 Å². The molecule has 0 radical (unpaired) electrons. The predicted molar refractivity (Wildman–Crippen MR) is 130 cm³/mol. The van der Waals surface area contributed by atoms with Crippen LogP contribution in [0.5, 0.6) is 5.75 Å². The molecule has 0 saturated heterocycles. The Morgan fingerprint density at radius 2 is 1.69 bits per heavy atom. The van der Waals surface area contributed by atoms with Crippen molar-refractivity contribution in [1.29, 1.82) is 5.41 Å². The summed E-state index contributed by atoms with van der Waals surface area (Å²) in [5.41, 5.74) is 7.09. The summed E-state index contributed by atoms with van der Waals surface area (Å²) in [7, 11) is 0. The van der Waals surface area contributed by atoms with Crippen LogP contribution in [0.2, 0.25) is 0 Å². The third kappa shape index (κ3) is 7.00. The van der Waals surface area contributed by atoms with Crippen molar-refractivity contribution < 1.29 is 23.0 Å². The van der Waals surface area contributed by atoms with Gasteiger partial charge < -0.3 is 15.2 Å². The number of ether oxygens (including phenoxy) is 2. The van der Waals surface area contributed by atoms with Crippen LogP contribution in [0.4, 0.5) is 8.78 Å². The molecule has 9 heteroatoms. The molecule has 0 fully saturated rings. The molecule has 1 amide bonds. The van der Waals surface area contributed by atoms with Gasteiger partial charge in [-0.05, 0) is 18.1 Å². The molecule has 1 atom stereocenters. The lowest BCUT2D eigenvalue weighted by Crippen LogP contribution is -2.30. The van der Waals surface area contributed by atoms with Crippen molar-refractivity contribution in [1.82, 2.24) is 4.42 Å². The van der Waals surface area contributed by atoms with Crippen molar-refractivity contribution in [3.05, 3.63) is 101 Å². The molecule has 35 heavy (non-hydrogen) atoms. The van der Waals surface area contributed by atoms with E-state index in [1.165, 1.54) is 0 Å². The average Bonchev–Trinajstić information content (AvgIpc) is 2.83. The van der Waals surface area contributed by atoms with Crippen LogP contribution in [0.1, 0.15) is 35.3 Å². The number of rotatable bonds is 11. The molecule has 0 aliphatic heterocycles. The van der Waals surface area contributed by atoms with Gasteiger partial charge in [-0.15, -0.1) is 0 Å². The van der Waals surface area contributed by atoms with Crippen molar-refractivity contribution in [2.24, 2.45) is 5.73 Å². The Bertz CT molecular complexity index is 1140. The Balaban J connectivity index is 1.72. The van der Waals surface area contributed by atoms with Gasteiger partial charge in [-0.1, -0.05) is 54.6 Å². The number of nitrogens with zero attached hydrogens (tertiary/aromatic N) is 1. The first-order chi connectivity index (χ1) is 16.8. The largest absolute Gasteiger partial charge is 0.493 e. The van der Waals surface area contributed by atoms with Gasteiger partial charge in [0.15, 0.2) is 6.10 Å². The van der Waals surface area contributed by atoms with Crippen molar-refractivity contribution >= 4 is 23.5 Å². The van der Waals surface area contributed by atoms with E-state index in [1.54, 1.807) is 31.2 Å². The summed E-state index contributed by atoms with van der Waals surface area (Å²) >= 11 is 6.18. The normalized spacial score (nSPS) is 11.7. The standard InChI is InChI=1S/C26H26ClF2N3O3/c1-2-34-24(26(33)32(27)16-18-8-10-19(11-9-18)25(30)31)23-21(28)14-20(15-22(23)29)35-13-12-17-6-4-3-5-7-17/h3-11,14-15,24H,2,12-13,16H2,1H3,(H3,30,31). The topological polar surface area (TPSA) is 88.6 Å². The minimum absolute atomic E-state index is 0.00988. The first kappa shape index (κ1) is 26.1. The Labute approximate surface area is 207 Å². The summed E-state index contributed by atoms with van der Waals surface area (Å²) < 4.78 is 41.6. The summed E-state index contributed by atoms with van der Waals surface area (Å²) in [4.78, 5) is 13.0.